The first kappa shape index (κ1) is 13.8. The number of hydrogen-bond donors (Lipinski definition) is 1. The van der Waals surface area contributed by atoms with E-state index >= 15 is 0 Å². The van der Waals surface area contributed by atoms with Crippen molar-refractivity contribution in [2.75, 3.05) is 43.4 Å². The Morgan fingerprint density at radius 1 is 1.10 bits per heavy atom. The molecule has 6 nitrogen and oxygen atoms in total. The van der Waals surface area contributed by atoms with E-state index in [2.05, 4.69) is 37.1 Å². The maximum atomic E-state index is 4.38. The van der Waals surface area contributed by atoms with E-state index in [0.29, 0.717) is 6.54 Å². The molecule has 2 aromatic rings. The minimum Gasteiger partial charge on any atom is -0.364 e. The Balaban J connectivity index is 1.63. The number of pyridine rings is 1. The van der Waals surface area contributed by atoms with Crippen molar-refractivity contribution in [3.8, 4) is 0 Å². The average molecular weight is 284 g/mol. The zero-order valence-corrected chi connectivity index (χ0v) is 12.2. The Bertz CT molecular complexity index is 565. The van der Waals surface area contributed by atoms with Gasteiger partial charge in [0.05, 0.1) is 12.2 Å². The quantitative estimate of drug-likeness (QED) is 0.911. The summed E-state index contributed by atoms with van der Waals surface area (Å²) in [6.07, 6.45) is 3.42. The van der Waals surface area contributed by atoms with Crippen LogP contribution in [-0.4, -0.2) is 53.1 Å². The summed E-state index contributed by atoms with van der Waals surface area (Å²) in [5, 5.41) is 3.30. The van der Waals surface area contributed by atoms with Gasteiger partial charge in [0.15, 0.2) is 0 Å². The van der Waals surface area contributed by atoms with Crippen LogP contribution in [0.3, 0.4) is 0 Å². The van der Waals surface area contributed by atoms with Crippen molar-refractivity contribution in [1.82, 2.24) is 19.9 Å². The largest absolute Gasteiger partial charge is 0.364 e. The Kier molecular flexibility index (Phi) is 4.25. The topological polar surface area (TPSA) is 57.2 Å². The summed E-state index contributed by atoms with van der Waals surface area (Å²) in [6, 6.07) is 7.91. The normalized spacial score (nSPS) is 16.0. The third kappa shape index (κ3) is 3.66. The first-order valence-corrected chi connectivity index (χ1v) is 7.20. The average Bonchev–Trinajstić information content (AvgIpc) is 2.55. The van der Waals surface area contributed by atoms with Crippen LogP contribution in [0, 0.1) is 0 Å². The molecular weight excluding hydrogens is 264 g/mol. The van der Waals surface area contributed by atoms with Crippen molar-refractivity contribution >= 4 is 11.6 Å². The number of nitrogens with one attached hydrogen (secondary N) is 1. The van der Waals surface area contributed by atoms with Crippen LogP contribution in [-0.2, 0) is 6.54 Å². The maximum absolute atomic E-state index is 4.38. The number of rotatable bonds is 4. The summed E-state index contributed by atoms with van der Waals surface area (Å²) < 4.78 is 0. The van der Waals surface area contributed by atoms with E-state index in [1.54, 1.807) is 12.5 Å². The zero-order valence-electron chi connectivity index (χ0n) is 12.2. The van der Waals surface area contributed by atoms with E-state index in [0.717, 1.165) is 43.5 Å². The Morgan fingerprint density at radius 3 is 2.71 bits per heavy atom. The predicted molar refractivity (Wildman–Crippen MR) is 83.3 cm³/mol. The molecule has 0 amide bonds. The molecule has 2 aromatic heterocycles. The maximum Gasteiger partial charge on any atom is 0.134 e. The first-order valence-electron chi connectivity index (χ1n) is 7.20. The second-order valence-electron chi connectivity index (χ2n) is 5.23. The van der Waals surface area contributed by atoms with Crippen molar-refractivity contribution in [3.05, 3.63) is 42.5 Å². The second-order valence-corrected chi connectivity index (χ2v) is 5.23. The van der Waals surface area contributed by atoms with Crippen LogP contribution in [0.2, 0.25) is 0 Å². The molecule has 0 atom stereocenters. The molecule has 0 aromatic carbocycles. The van der Waals surface area contributed by atoms with Crippen LogP contribution in [0.1, 0.15) is 5.69 Å². The number of likely N-dealkylation sites (N-methyl/N-ethyl adjacent to an activating group) is 1. The Morgan fingerprint density at radius 2 is 1.95 bits per heavy atom. The summed E-state index contributed by atoms with van der Waals surface area (Å²) in [7, 11) is 2.15. The smallest absolute Gasteiger partial charge is 0.134 e. The Labute approximate surface area is 124 Å². The van der Waals surface area contributed by atoms with Gasteiger partial charge in [-0.3, -0.25) is 4.98 Å². The van der Waals surface area contributed by atoms with Gasteiger partial charge in [-0.15, -0.1) is 0 Å². The molecule has 1 aliphatic heterocycles. The van der Waals surface area contributed by atoms with Crippen LogP contribution in [0.4, 0.5) is 11.6 Å². The van der Waals surface area contributed by atoms with Gasteiger partial charge in [0.25, 0.3) is 0 Å². The lowest BCUT2D eigenvalue weighted by Gasteiger charge is -2.33. The van der Waals surface area contributed by atoms with Crippen LogP contribution < -0.4 is 10.2 Å². The number of hydrogen-bond acceptors (Lipinski definition) is 6. The van der Waals surface area contributed by atoms with Gasteiger partial charge in [-0.25, -0.2) is 9.97 Å². The molecule has 0 radical (unpaired) electrons. The molecule has 1 aliphatic rings. The molecule has 21 heavy (non-hydrogen) atoms. The molecule has 110 valence electrons. The molecular formula is C15H20N6. The summed E-state index contributed by atoms with van der Waals surface area (Å²) in [6.45, 7) is 4.82. The Hall–Kier alpha value is -2.21. The van der Waals surface area contributed by atoms with E-state index in [1.807, 2.05) is 24.3 Å². The highest BCUT2D eigenvalue weighted by Crippen LogP contribution is 2.16. The fourth-order valence-electron chi connectivity index (χ4n) is 2.34. The summed E-state index contributed by atoms with van der Waals surface area (Å²) in [5.41, 5.74) is 0.997. The summed E-state index contributed by atoms with van der Waals surface area (Å²) in [4.78, 5) is 17.6. The fraction of sp³-hybridized carbons (Fsp3) is 0.400. The van der Waals surface area contributed by atoms with Crippen molar-refractivity contribution in [2.45, 2.75) is 6.54 Å². The van der Waals surface area contributed by atoms with Crippen LogP contribution in [0.5, 0.6) is 0 Å². The van der Waals surface area contributed by atoms with Crippen LogP contribution in [0.15, 0.2) is 36.8 Å². The lowest BCUT2D eigenvalue weighted by Crippen LogP contribution is -2.44. The van der Waals surface area contributed by atoms with Gasteiger partial charge >= 0.3 is 0 Å². The number of piperazine rings is 1. The summed E-state index contributed by atoms with van der Waals surface area (Å²) in [5.74, 6) is 1.83. The van der Waals surface area contributed by atoms with E-state index in [-0.39, 0.29) is 0 Å². The van der Waals surface area contributed by atoms with Crippen molar-refractivity contribution in [2.24, 2.45) is 0 Å². The van der Waals surface area contributed by atoms with E-state index in [1.165, 1.54) is 0 Å². The number of aromatic nitrogens is 3. The monoisotopic (exact) mass is 284 g/mol. The summed E-state index contributed by atoms with van der Waals surface area (Å²) >= 11 is 0. The van der Waals surface area contributed by atoms with Gasteiger partial charge in [0.1, 0.15) is 18.0 Å². The van der Waals surface area contributed by atoms with E-state index < -0.39 is 0 Å². The van der Waals surface area contributed by atoms with Gasteiger partial charge in [-0.1, -0.05) is 6.07 Å². The molecule has 6 heteroatoms. The molecule has 1 saturated heterocycles. The molecule has 0 saturated carbocycles. The predicted octanol–water partition coefficient (Wildman–Crippen LogP) is 1.24. The molecule has 0 spiro atoms. The lowest BCUT2D eigenvalue weighted by atomic mass is 10.3. The second kappa shape index (κ2) is 6.49. The number of nitrogens with zero attached hydrogens (tertiary/aromatic N) is 5. The minimum absolute atomic E-state index is 0.667. The molecule has 1 N–H and O–H groups in total. The lowest BCUT2D eigenvalue weighted by molar-refractivity contribution is 0.312. The van der Waals surface area contributed by atoms with Crippen molar-refractivity contribution < 1.29 is 0 Å². The van der Waals surface area contributed by atoms with Crippen LogP contribution >= 0.6 is 0 Å². The van der Waals surface area contributed by atoms with Gasteiger partial charge in [0.2, 0.25) is 0 Å². The van der Waals surface area contributed by atoms with E-state index in [9.17, 15) is 0 Å². The molecule has 3 heterocycles. The minimum atomic E-state index is 0.667. The fourth-order valence-corrected chi connectivity index (χ4v) is 2.34. The SMILES string of the molecule is CN1CCN(c2cc(NCc3ccccn3)ncn2)CC1. The third-order valence-corrected chi connectivity index (χ3v) is 3.66. The highest BCUT2D eigenvalue weighted by Gasteiger charge is 2.15. The van der Waals surface area contributed by atoms with Crippen LogP contribution in [0.25, 0.3) is 0 Å². The molecule has 0 unspecified atom stereocenters. The standard InChI is InChI=1S/C15H20N6/c1-20-6-8-21(9-7-20)15-10-14(18-12-19-15)17-11-13-4-2-3-5-16-13/h2-5,10,12H,6-9,11H2,1H3,(H,17,18,19). The van der Waals surface area contributed by atoms with Crippen molar-refractivity contribution in [3.63, 3.8) is 0 Å². The zero-order chi connectivity index (χ0) is 14.5. The molecule has 0 aliphatic carbocycles. The van der Waals surface area contributed by atoms with Gasteiger partial charge in [-0.05, 0) is 19.2 Å². The molecule has 0 bridgehead atoms. The van der Waals surface area contributed by atoms with Gasteiger partial charge < -0.3 is 15.1 Å². The van der Waals surface area contributed by atoms with Gasteiger partial charge in [0, 0.05) is 38.4 Å². The van der Waals surface area contributed by atoms with Crippen molar-refractivity contribution in [1.29, 1.82) is 0 Å². The van der Waals surface area contributed by atoms with E-state index in [4.69, 9.17) is 0 Å². The third-order valence-electron chi connectivity index (χ3n) is 3.66. The first-order chi connectivity index (χ1) is 10.3. The highest BCUT2D eigenvalue weighted by molar-refractivity contribution is 5.48. The molecule has 1 fully saturated rings. The highest BCUT2D eigenvalue weighted by atomic mass is 15.3. The number of anilines is 2. The molecule has 3 rings (SSSR count). The van der Waals surface area contributed by atoms with Gasteiger partial charge in [-0.2, -0.15) is 0 Å².